The van der Waals surface area contributed by atoms with Gasteiger partial charge in [-0.3, -0.25) is 0 Å². The molecule has 2 aromatic rings. The Morgan fingerprint density at radius 3 is 2.83 bits per heavy atom. The first-order chi connectivity index (χ1) is 8.70. The second-order valence-corrected chi connectivity index (χ2v) is 4.75. The number of halogens is 2. The lowest BCUT2D eigenvalue weighted by atomic mass is 10.0. The Bertz CT molecular complexity index is 531. The number of pyridine rings is 1. The van der Waals surface area contributed by atoms with Gasteiger partial charge in [-0.25, -0.2) is 9.37 Å². The molecule has 94 valence electrons. The number of nitrogens with zero attached hydrogens (tertiary/aromatic N) is 1. The van der Waals surface area contributed by atoms with Crippen molar-refractivity contribution < 1.29 is 4.39 Å². The minimum absolute atomic E-state index is 0.0706. The Morgan fingerprint density at radius 1 is 1.33 bits per heavy atom. The van der Waals surface area contributed by atoms with Gasteiger partial charge in [-0.2, -0.15) is 0 Å². The van der Waals surface area contributed by atoms with Gasteiger partial charge in [-0.15, -0.1) is 0 Å². The molecule has 0 aliphatic heterocycles. The van der Waals surface area contributed by atoms with Gasteiger partial charge in [0, 0.05) is 6.20 Å². The Hall–Kier alpha value is -1.42. The zero-order chi connectivity index (χ0) is 13.0. The second-order valence-electron chi connectivity index (χ2n) is 4.00. The van der Waals surface area contributed by atoms with Crippen LogP contribution >= 0.6 is 15.9 Å². The van der Waals surface area contributed by atoms with Gasteiger partial charge in [0.25, 0.3) is 0 Å². The first kappa shape index (κ1) is 13.0. The van der Waals surface area contributed by atoms with Crippen LogP contribution < -0.4 is 5.32 Å². The van der Waals surface area contributed by atoms with Gasteiger partial charge in [0.1, 0.15) is 10.4 Å². The first-order valence-corrected chi connectivity index (χ1v) is 6.62. The highest BCUT2D eigenvalue weighted by molar-refractivity contribution is 9.10. The van der Waals surface area contributed by atoms with Gasteiger partial charge in [-0.1, -0.05) is 19.1 Å². The summed E-state index contributed by atoms with van der Waals surface area (Å²) in [7, 11) is 0. The third kappa shape index (κ3) is 3.07. The minimum Gasteiger partial charge on any atom is -0.376 e. The summed E-state index contributed by atoms with van der Waals surface area (Å²) in [5, 5.41) is 3.36. The minimum atomic E-state index is -0.210. The number of aromatic nitrogens is 1. The van der Waals surface area contributed by atoms with E-state index in [1.54, 1.807) is 18.3 Å². The van der Waals surface area contributed by atoms with Crippen LogP contribution in [0.25, 0.3) is 0 Å². The average Bonchev–Trinajstić information content (AvgIpc) is 2.38. The molecule has 0 saturated carbocycles. The Kier molecular flexibility index (Phi) is 4.31. The molecule has 4 heteroatoms. The number of hydrogen-bond acceptors (Lipinski definition) is 2. The molecule has 0 amide bonds. The zero-order valence-electron chi connectivity index (χ0n) is 10.0. The van der Waals surface area contributed by atoms with Crippen molar-refractivity contribution in [3.05, 3.63) is 58.6 Å². The van der Waals surface area contributed by atoms with Gasteiger partial charge < -0.3 is 5.32 Å². The summed E-state index contributed by atoms with van der Waals surface area (Å²) in [5.41, 5.74) is 1.85. The third-order valence-electron chi connectivity index (χ3n) is 2.75. The zero-order valence-corrected chi connectivity index (χ0v) is 11.6. The third-order valence-corrected chi connectivity index (χ3v) is 3.38. The van der Waals surface area contributed by atoms with E-state index in [2.05, 4.69) is 33.2 Å². The summed E-state index contributed by atoms with van der Waals surface area (Å²) in [6, 6.07) is 10.6. The van der Waals surface area contributed by atoms with E-state index in [0.717, 1.165) is 22.3 Å². The van der Waals surface area contributed by atoms with E-state index in [9.17, 15) is 4.39 Å². The fourth-order valence-electron chi connectivity index (χ4n) is 1.83. The maximum atomic E-state index is 13.2. The molecule has 0 spiro atoms. The number of rotatable bonds is 4. The average molecular weight is 309 g/mol. The summed E-state index contributed by atoms with van der Waals surface area (Å²) in [5.74, 6) is -0.210. The molecule has 1 aromatic heterocycles. The predicted molar refractivity (Wildman–Crippen MR) is 75.0 cm³/mol. The van der Waals surface area contributed by atoms with Crippen molar-refractivity contribution in [3.8, 4) is 0 Å². The molecule has 0 radical (unpaired) electrons. The predicted octanol–water partition coefficient (Wildman–Crippen LogP) is 4.55. The van der Waals surface area contributed by atoms with Gasteiger partial charge in [0.15, 0.2) is 0 Å². The molecule has 18 heavy (non-hydrogen) atoms. The van der Waals surface area contributed by atoms with Crippen LogP contribution in [-0.4, -0.2) is 4.98 Å². The van der Waals surface area contributed by atoms with E-state index < -0.39 is 0 Å². The van der Waals surface area contributed by atoms with E-state index in [1.807, 2.05) is 18.2 Å². The Balaban J connectivity index is 2.23. The lowest BCUT2D eigenvalue weighted by Gasteiger charge is -2.19. The fraction of sp³-hybridized carbons (Fsp3) is 0.214. The van der Waals surface area contributed by atoms with Crippen LogP contribution in [0.5, 0.6) is 0 Å². The molecule has 0 saturated heterocycles. The van der Waals surface area contributed by atoms with Gasteiger partial charge in [-0.05, 0) is 52.2 Å². The van der Waals surface area contributed by atoms with Crippen molar-refractivity contribution >= 4 is 21.6 Å². The highest BCUT2D eigenvalue weighted by Gasteiger charge is 2.11. The lowest BCUT2D eigenvalue weighted by Crippen LogP contribution is -2.10. The summed E-state index contributed by atoms with van der Waals surface area (Å²) in [6.45, 7) is 2.06. The normalized spacial score (nSPS) is 12.2. The van der Waals surface area contributed by atoms with Crippen LogP contribution in [-0.2, 0) is 0 Å². The van der Waals surface area contributed by atoms with E-state index in [-0.39, 0.29) is 11.9 Å². The quantitative estimate of drug-likeness (QED) is 0.838. The van der Waals surface area contributed by atoms with E-state index >= 15 is 0 Å². The topological polar surface area (TPSA) is 24.9 Å². The van der Waals surface area contributed by atoms with Crippen LogP contribution in [0.15, 0.2) is 47.2 Å². The second kappa shape index (κ2) is 5.96. The standard InChI is InChI=1S/C14H14BrFN2/c1-2-12(10-5-3-6-11(16)9-10)18-13-7-4-8-17-14(13)15/h3-9,12,18H,2H2,1H3. The molecule has 0 fully saturated rings. The highest BCUT2D eigenvalue weighted by atomic mass is 79.9. The Morgan fingerprint density at radius 2 is 2.17 bits per heavy atom. The fourth-order valence-corrected chi connectivity index (χ4v) is 2.19. The molecule has 1 N–H and O–H groups in total. The van der Waals surface area contributed by atoms with E-state index in [1.165, 1.54) is 6.07 Å². The molecule has 1 atom stereocenters. The maximum absolute atomic E-state index is 13.2. The molecular formula is C14H14BrFN2. The number of nitrogens with one attached hydrogen (secondary N) is 1. The van der Waals surface area contributed by atoms with Crippen LogP contribution in [0.3, 0.4) is 0 Å². The molecule has 2 rings (SSSR count). The van der Waals surface area contributed by atoms with Crippen molar-refractivity contribution in [1.29, 1.82) is 0 Å². The highest BCUT2D eigenvalue weighted by Crippen LogP contribution is 2.26. The molecule has 0 bridgehead atoms. The van der Waals surface area contributed by atoms with Crippen molar-refractivity contribution in [2.24, 2.45) is 0 Å². The summed E-state index contributed by atoms with van der Waals surface area (Å²) in [4.78, 5) is 4.16. The van der Waals surface area contributed by atoms with Crippen molar-refractivity contribution in [2.45, 2.75) is 19.4 Å². The smallest absolute Gasteiger partial charge is 0.129 e. The van der Waals surface area contributed by atoms with Gasteiger partial charge in [0.2, 0.25) is 0 Å². The van der Waals surface area contributed by atoms with Crippen LogP contribution in [0, 0.1) is 5.82 Å². The number of anilines is 1. The number of benzene rings is 1. The monoisotopic (exact) mass is 308 g/mol. The molecular weight excluding hydrogens is 295 g/mol. The molecule has 1 heterocycles. The van der Waals surface area contributed by atoms with Crippen molar-refractivity contribution in [1.82, 2.24) is 4.98 Å². The summed E-state index contributed by atoms with van der Waals surface area (Å²) >= 11 is 3.39. The molecule has 0 aliphatic rings. The summed E-state index contributed by atoms with van der Waals surface area (Å²) < 4.78 is 14.0. The SMILES string of the molecule is CCC(Nc1cccnc1Br)c1cccc(F)c1. The van der Waals surface area contributed by atoms with E-state index in [4.69, 9.17) is 0 Å². The maximum Gasteiger partial charge on any atom is 0.129 e. The van der Waals surface area contributed by atoms with E-state index in [0.29, 0.717) is 0 Å². The van der Waals surface area contributed by atoms with Gasteiger partial charge >= 0.3 is 0 Å². The summed E-state index contributed by atoms with van der Waals surface area (Å²) in [6.07, 6.45) is 2.59. The lowest BCUT2D eigenvalue weighted by molar-refractivity contribution is 0.620. The molecule has 0 aliphatic carbocycles. The molecule has 1 aromatic carbocycles. The number of hydrogen-bond donors (Lipinski definition) is 1. The van der Waals surface area contributed by atoms with Crippen LogP contribution in [0.1, 0.15) is 24.9 Å². The van der Waals surface area contributed by atoms with Crippen molar-refractivity contribution in [2.75, 3.05) is 5.32 Å². The Labute approximate surface area is 114 Å². The largest absolute Gasteiger partial charge is 0.376 e. The van der Waals surface area contributed by atoms with Crippen molar-refractivity contribution in [3.63, 3.8) is 0 Å². The van der Waals surface area contributed by atoms with Crippen LogP contribution in [0.2, 0.25) is 0 Å². The molecule has 1 unspecified atom stereocenters. The van der Waals surface area contributed by atoms with Gasteiger partial charge in [0.05, 0.1) is 11.7 Å². The van der Waals surface area contributed by atoms with Crippen LogP contribution in [0.4, 0.5) is 10.1 Å². The molecule has 2 nitrogen and oxygen atoms in total. The first-order valence-electron chi connectivity index (χ1n) is 5.83.